The van der Waals surface area contributed by atoms with Crippen molar-refractivity contribution in [3.63, 3.8) is 0 Å². The number of hydrogen-bond donors (Lipinski definition) is 0. The van der Waals surface area contributed by atoms with Crippen LogP contribution >= 0.6 is 68.8 Å². The number of halogens is 3. The van der Waals surface area contributed by atoms with Crippen molar-refractivity contribution in [1.29, 1.82) is 0 Å². The average Bonchev–Trinajstić information content (AvgIpc) is 4.10. The van der Waals surface area contributed by atoms with Crippen LogP contribution in [0.1, 0.15) is 66.1 Å². The van der Waals surface area contributed by atoms with Gasteiger partial charge in [-0.25, -0.2) is 14.4 Å². The van der Waals surface area contributed by atoms with Gasteiger partial charge in [-0.2, -0.15) is 0 Å². The van der Waals surface area contributed by atoms with Gasteiger partial charge in [0.25, 0.3) is 0 Å². The summed E-state index contributed by atoms with van der Waals surface area (Å²) in [5.74, 6) is -0.787. The maximum atomic E-state index is 12.3. The highest BCUT2D eigenvalue weighted by molar-refractivity contribution is 7.10. The number of rotatable bonds is 9. The quantitative estimate of drug-likeness (QED) is 0.104. The van der Waals surface area contributed by atoms with Crippen molar-refractivity contribution in [2.45, 2.75) is 57.0 Å². The maximum Gasteiger partial charge on any atom is 0.327 e. The van der Waals surface area contributed by atoms with Gasteiger partial charge in [0, 0.05) is 69.0 Å². The van der Waals surface area contributed by atoms with Crippen LogP contribution in [0.4, 0.5) is 0 Å². The molecule has 0 saturated carbocycles. The first-order valence-electron chi connectivity index (χ1n) is 20.5. The standard InChI is InChI=1S/3C16H16ClNO2S/c3*1-20-16(19)15(12-4-2-3-5-13(12)17)18-8-6-14-11(10-18)7-9-21-14/h3*2-5,7,9,15H,6,8,10H2,1H3/t3*15-/m000/s1. The van der Waals surface area contributed by atoms with Crippen molar-refractivity contribution in [3.05, 3.63) is 170 Å². The summed E-state index contributed by atoms with van der Waals surface area (Å²) < 4.78 is 15.0. The molecule has 9 rings (SSSR count). The molecular weight excluding hydrogens is 917 g/mol. The summed E-state index contributed by atoms with van der Waals surface area (Å²) >= 11 is 24.2. The number of nitrogens with zero attached hydrogens (tertiary/aromatic N) is 3. The molecule has 15 heteroatoms. The molecule has 0 aliphatic carbocycles. The second-order valence-electron chi connectivity index (χ2n) is 15.1. The highest BCUT2D eigenvalue weighted by atomic mass is 35.5. The molecule has 0 radical (unpaired) electrons. The van der Waals surface area contributed by atoms with Crippen LogP contribution in [0.3, 0.4) is 0 Å². The van der Waals surface area contributed by atoms with Crippen LogP contribution in [0.2, 0.25) is 15.1 Å². The first-order chi connectivity index (χ1) is 30.6. The third-order valence-corrected chi connectivity index (χ3v) is 15.6. The van der Waals surface area contributed by atoms with E-state index in [1.807, 2.05) is 72.8 Å². The van der Waals surface area contributed by atoms with Gasteiger partial charge in [-0.15, -0.1) is 34.0 Å². The topological polar surface area (TPSA) is 88.6 Å². The molecule has 0 saturated heterocycles. The van der Waals surface area contributed by atoms with Gasteiger partial charge < -0.3 is 14.2 Å². The highest BCUT2D eigenvalue weighted by Gasteiger charge is 2.35. The Bertz CT molecular complexity index is 2240. The lowest BCUT2D eigenvalue weighted by molar-refractivity contribution is -0.148. The number of esters is 3. The number of carbonyl (C=O) groups excluding carboxylic acids is 3. The van der Waals surface area contributed by atoms with Gasteiger partial charge in [0.15, 0.2) is 0 Å². The molecule has 6 heterocycles. The highest BCUT2D eigenvalue weighted by Crippen LogP contribution is 2.37. The van der Waals surface area contributed by atoms with Gasteiger partial charge in [-0.3, -0.25) is 14.7 Å². The summed E-state index contributed by atoms with van der Waals surface area (Å²) in [4.78, 5) is 47.5. The molecule has 63 heavy (non-hydrogen) atoms. The second-order valence-corrected chi connectivity index (χ2v) is 19.3. The molecule has 0 spiro atoms. The predicted octanol–water partition coefficient (Wildman–Crippen LogP) is 11.0. The summed E-state index contributed by atoms with van der Waals surface area (Å²) in [6.07, 6.45) is 2.89. The Kier molecular flexibility index (Phi) is 16.5. The van der Waals surface area contributed by atoms with E-state index in [1.165, 1.54) is 52.7 Å². The summed E-state index contributed by atoms with van der Waals surface area (Å²) in [7, 11) is 4.27. The van der Waals surface area contributed by atoms with Gasteiger partial charge >= 0.3 is 17.9 Å². The Morgan fingerprint density at radius 2 is 0.730 bits per heavy atom. The predicted molar refractivity (Wildman–Crippen MR) is 254 cm³/mol. The third-order valence-electron chi connectivity index (χ3n) is 11.5. The molecule has 0 amide bonds. The van der Waals surface area contributed by atoms with E-state index in [9.17, 15) is 14.4 Å². The summed E-state index contributed by atoms with van der Waals surface area (Å²) in [5.41, 5.74) is 6.32. The normalized spacial score (nSPS) is 16.3. The molecule has 3 aromatic carbocycles. The van der Waals surface area contributed by atoms with Crippen molar-refractivity contribution in [2.24, 2.45) is 0 Å². The van der Waals surface area contributed by atoms with E-state index >= 15 is 0 Å². The third kappa shape index (κ3) is 11.1. The lowest BCUT2D eigenvalue weighted by Crippen LogP contribution is -2.38. The summed E-state index contributed by atoms with van der Waals surface area (Å²) in [6.45, 7) is 4.76. The van der Waals surface area contributed by atoms with E-state index in [0.29, 0.717) is 15.1 Å². The lowest BCUT2D eigenvalue weighted by Gasteiger charge is -2.33. The first kappa shape index (κ1) is 46.9. The van der Waals surface area contributed by atoms with Gasteiger partial charge in [0.05, 0.1) is 21.3 Å². The Morgan fingerprint density at radius 3 is 0.984 bits per heavy atom. The van der Waals surface area contributed by atoms with E-state index in [-0.39, 0.29) is 17.9 Å². The van der Waals surface area contributed by atoms with Crippen molar-refractivity contribution in [1.82, 2.24) is 14.7 Å². The number of benzene rings is 3. The van der Waals surface area contributed by atoms with Crippen LogP contribution in [0, 0.1) is 0 Å². The van der Waals surface area contributed by atoms with Gasteiger partial charge in [0.2, 0.25) is 0 Å². The van der Waals surface area contributed by atoms with Crippen LogP contribution in [-0.4, -0.2) is 73.6 Å². The monoisotopic (exact) mass is 963 g/mol. The minimum absolute atomic E-state index is 0.262. The Hall–Kier alpha value is -4.08. The summed E-state index contributed by atoms with van der Waals surface area (Å²) in [5, 5.41) is 8.13. The molecule has 3 atom stereocenters. The molecule has 6 aromatic rings. The number of carbonyl (C=O) groups is 3. The van der Waals surface area contributed by atoms with E-state index < -0.39 is 18.1 Å². The molecule has 9 nitrogen and oxygen atoms in total. The molecule has 0 unspecified atom stereocenters. The van der Waals surface area contributed by atoms with Crippen LogP contribution in [0.15, 0.2) is 107 Å². The minimum Gasteiger partial charge on any atom is -0.468 e. The van der Waals surface area contributed by atoms with Crippen LogP contribution in [-0.2, 0) is 67.5 Å². The Labute approximate surface area is 395 Å². The molecule has 3 aliphatic rings. The fourth-order valence-electron chi connectivity index (χ4n) is 8.32. The molecular formula is C48H48Cl3N3O6S3. The summed E-state index contributed by atoms with van der Waals surface area (Å²) in [6, 6.07) is 27.5. The average molecular weight is 965 g/mol. The van der Waals surface area contributed by atoms with Crippen molar-refractivity contribution < 1.29 is 28.6 Å². The van der Waals surface area contributed by atoms with Crippen LogP contribution in [0.25, 0.3) is 0 Å². The van der Waals surface area contributed by atoms with Crippen molar-refractivity contribution >= 4 is 86.7 Å². The molecule has 3 aliphatic heterocycles. The zero-order valence-corrected chi connectivity index (χ0v) is 39.9. The van der Waals surface area contributed by atoms with Gasteiger partial charge in [0.1, 0.15) is 18.1 Å². The number of fused-ring (bicyclic) bond motifs is 3. The Morgan fingerprint density at radius 1 is 0.460 bits per heavy atom. The first-order valence-corrected chi connectivity index (χ1v) is 24.2. The SMILES string of the molecule is COC(=O)[C@H](c1ccccc1Cl)N1CCc2sccc2C1.COC(=O)[C@H](c1ccccc1Cl)N1CCc2sccc2C1.COC(=O)[C@H](c1ccccc1Cl)N1CCc2sccc2C1. The number of thiophene rings is 3. The maximum absolute atomic E-state index is 12.3. The largest absolute Gasteiger partial charge is 0.468 e. The number of methoxy groups -OCH3 is 3. The minimum atomic E-state index is -0.447. The molecule has 3 aromatic heterocycles. The second kappa shape index (κ2) is 22.2. The number of ether oxygens (including phenoxy) is 3. The molecule has 0 bridgehead atoms. The van der Waals surface area contributed by atoms with Crippen LogP contribution in [0.5, 0.6) is 0 Å². The van der Waals surface area contributed by atoms with E-state index in [2.05, 4.69) is 49.0 Å². The fraction of sp³-hybridized carbons (Fsp3) is 0.312. The zero-order chi connectivity index (χ0) is 44.5. The van der Waals surface area contributed by atoms with Crippen LogP contribution < -0.4 is 0 Å². The smallest absolute Gasteiger partial charge is 0.327 e. The van der Waals surface area contributed by atoms with Crippen molar-refractivity contribution in [3.8, 4) is 0 Å². The van der Waals surface area contributed by atoms with Crippen molar-refractivity contribution in [2.75, 3.05) is 41.0 Å². The van der Waals surface area contributed by atoms with Gasteiger partial charge in [-0.1, -0.05) is 89.4 Å². The van der Waals surface area contributed by atoms with E-state index in [1.54, 1.807) is 34.0 Å². The molecule has 0 N–H and O–H groups in total. The lowest BCUT2D eigenvalue weighted by atomic mass is 10.0. The molecule has 0 fully saturated rings. The number of hydrogen-bond acceptors (Lipinski definition) is 12. The van der Waals surface area contributed by atoms with E-state index in [4.69, 9.17) is 49.0 Å². The Balaban J connectivity index is 0.000000142. The van der Waals surface area contributed by atoms with Gasteiger partial charge in [-0.05, 0) is 105 Å². The zero-order valence-electron chi connectivity index (χ0n) is 35.1. The molecule has 330 valence electrons. The van der Waals surface area contributed by atoms with E-state index in [0.717, 1.165) is 75.2 Å². The fourth-order valence-corrected chi connectivity index (χ4v) is 11.7.